The van der Waals surface area contributed by atoms with E-state index in [2.05, 4.69) is 15.6 Å². The molecule has 0 radical (unpaired) electrons. The SMILES string of the molecule is O=C(NCCC(=O)N1CCCN(c2ccc(C(F)(F)F)cn2)CC1)NC1CCCCC1. The average molecular weight is 441 g/mol. The summed E-state index contributed by atoms with van der Waals surface area (Å²) >= 11 is 0. The fourth-order valence-corrected chi connectivity index (χ4v) is 4.06. The van der Waals surface area contributed by atoms with Crippen LogP contribution in [0.5, 0.6) is 0 Å². The minimum Gasteiger partial charge on any atom is -0.355 e. The van der Waals surface area contributed by atoms with Crippen LogP contribution in [-0.2, 0) is 11.0 Å². The van der Waals surface area contributed by atoms with Gasteiger partial charge in [0.05, 0.1) is 5.56 Å². The van der Waals surface area contributed by atoms with Gasteiger partial charge in [0.15, 0.2) is 0 Å². The van der Waals surface area contributed by atoms with E-state index in [0.29, 0.717) is 38.4 Å². The highest BCUT2D eigenvalue weighted by Gasteiger charge is 2.31. The molecule has 1 aliphatic heterocycles. The number of alkyl halides is 3. The molecule has 1 saturated carbocycles. The van der Waals surface area contributed by atoms with E-state index in [0.717, 1.165) is 37.9 Å². The maximum Gasteiger partial charge on any atom is 0.417 e. The minimum atomic E-state index is -4.41. The van der Waals surface area contributed by atoms with Crippen molar-refractivity contribution in [3.8, 4) is 0 Å². The molecule has 10 heteroatoms. The van der Waals surface area contributed by atoms with Gasteiger partial charge < -0.3 is 20.4 Å². The van der Waals surface area contributed by atoms with Crippen molar-refractivity contribution in [2.45, 2.75) is 57.2 Å². The number of carbonyl (C=O) groups is 2. The highest BCUT2D eigenvalue weighted by atomic mass is 19.4. The summed E-state index contributed by atoms with van der Waals surface area (Å²) < 4.78 is 38.1. The lowest BCUT2D eigenvalue weighted by atomic mass is 9.96. The minimum absolute atomic E-state index is 0.0415. The second kappa shape index (κ2) is 10.7. The van der Waals surface area contributed by atoms with Crippen LogP contribution in [0, 0.1) is 0 Å². The van der Waals surface area contributed by atoms with Gasteiger partial charge in [-0.2, -0.15) is 13.2 Å². The second-order valence-electron chi connectivity index (χ2n) is 8.11. The van der Waals surface area contributed by atoms with Crippen LogP contribution in [0.1, 0.15) is 50.5 Å². The van der Waals surface area contributed by atoms with E-state index >= 15 is 0 Å². The highest BCUT2D eigenvalue weighted by Crippen LogP contribution is 2.29. The van der Waals surface area contributed by atoms with E-state index in [-0.39, 0.29) is 30.9 Å². The summed E-state index contributed by atoms with van der Waals surface area (Å²) in [5.74, 6) is 0.434. The molecule has 1 aliphatic carbocycles. The number of hydrogen-bond donors (Lipinski definition) is 2. The van der Waals surface area contributed by atoms with Gasteiger partial charge in [-0.25, -0.2) is 9.78 Å². The van der Waals surface area contributed by atoms with Crippen molar-refractivity contribution in [1.82, 2.24) is 20.5 Å². The maximum absolute atomic E-state index is 12.7. The van der Waals surface area contributed by atoms with Gasteiger partial charge in [0, 0.05) is 51.4 Å². The fraction of sp³-hybridized carbons (Fsp3) is 0.667. The largest absolute Gasteiger partial charge is 0.417 e. The Morgan fingerprint density at radius 3 is 2.48 bits per heavy atom. The first-order valence-electron chi connectivity index (χ1n) is 10.9. The molecule has 3 rings (SSSR count). The third kappa shape index (κ3) is 7.00. The van der Waals surface area contributed by atoms with Crippen LogP contribution >= 0.6 is 0 Å². The number of hydrogen-bond acceptors (Lipinski definition) is 4. The molecule has 0 spiro atoms. The number of nitrogens with zero attached hydrogens (tertiary/aromatic N) is 3. The molecule has 2 N–H and O–H groups in total. The van der Waals surface area contributed by atoms with Crippen molar-refractivity contribution in [2.75, 3.05) is 37.6 Å². The molecule has 31 heavy (non-hydrogen) atoms. The molecule has 0 aromatic carbocycles. The van der Waals surface area contributed by atoms with Crippen molar-refractivity contribution in [1.29, 1.82) is 0 Å². The van der Waals surface area contributed by atoms with Crippen molar-refractivity contribution >= 4 is 17.8 Å². The standard InChI is InChI=1S/C21H30F3N5O2/c22-21(23,24)16-7-8-18(26-15-16)28-11-4-12-29(14-13-28)19(30)9-10-25-20(31)27-17-5-2-1-3-6-17/h7-8,15,17H,1-6,9-14H2,(H2,25,27,31). The molecular weight excluding hydrogens is 411 g/mol. The number of nitrogens with one attached hydrogen (secondary N) is 2. The molecule has 2 heterocycles. The first kappa shape index (κ1) is 23.1. The van der Waals surface area contributed by atoms with Gasteiger partial charge in [0.25, 0.3) is 0 Å². The third-order valence-corrected chi connectivity index (χ3v) is 5.81. The zero-order valence-corrected chi connectivity index (χ0v) is 17.6. The number of urea groups is 1. The monoisotopic (exact) mass is 441 g/mol. The number of amides is 3. The molecule has 2 fully saturated rings. The molecule has 1 saturated heterocycles. The number of halogens is 3. The average Bonchev–Trinajstić information content (AvgIpc) is 3.00. The van der Waals surface area contributed by atoms with Crippen LogP contribution in [0.25, 0.3) is 0 Å². The van der Waals surface area contributed by atoms with Crippen LogP contribution in [0.2, 0.25) is 0 Å². The van der Waals surface area contributed by atoms with E-state index in [1.165, 1.54) is 12.5 Å². The first-order chi connectivity index (χ1) is 14.8. The predicted molar refractivity (Wildman–Crippen MR) is 111 cm³/mol. The second-order valence-corrected chi connectivity index (χ2v) is 8.11. The summed E-state index contributed by atoms with van der Waals surface area (Å²) in [4.78, 5) is 32.1. The van der Waals surface area contributed by atoms with Gasteiger partial charge in [-0.15, -0.1) is 0 Å². The molecule has 1 aromatic rings. The van der Waals surface area contributed by atoms with E-state index in [4.69, 9.17) is 0 Å². The summed E-state index contributed by atoms with van der Waals surface area (Å²) in [5, 5.41) is 5.72. The molecule has 3 amide bonds. The van der Waals surface area contributed by atoms with Crippen LogP contribution in [0.4, 0.5) is 23.8 Å². The van der Waals surface area contributed by atoms with Crippen molar-refractivity contribution < 1.29 is 22.8 Å². The number of rotatable bonds is 5. The van der Waals surface area contributed by atoms with Crippen molar-refractivity contribution in [3.63, 3.8) is 0 Å². The Balaban J connectivity index is 1.40. The van der Waals surface area contributed by atoms with E-state index < -0.39 is 11.7 Å². The van der Waals surface area contributed by atoms with Gasteiger partial charge in [0.1, 0.15) is 5.82 Å². The van der Waals surface area contributed by atoms with Crippen LogP contribution in [0.15, 0.2) is 18.3 Å². The Labute approximate surface area is 180 Å². The Morgan fingerprint density at radius 1 is 1.03 bits per heavy atom. The summed E-state index contributed by atoms with van der Waals surface area (Å²) in [6.45, 7) is 2.43. The predicted octanol–water partition coefficient (Wildman–Crippen LogP) is 3.16. The summed E-state index contributed by atoms with van der Waals surface area (Å²) in [6.07, 6.45) is 2.85. The number of pyridine rings is 1. The molecule has 0 atom stereocenters. The molecule has 0 bridgehead atoms. The lowest BCUT2D eigenvalue weighted by Gasteiger charge is -2.24. The molecule has 7 nitrogen and oxygen atoms in total. The van der Waals surface area contributed by atoms with E-state index in [9.17, 15) is 22.8 Å². The van der Waals surface area contributed by atoms with E-state index in [1.807, 2.05) is 4.90 Å². The molecule has 2 aliphatic rings. The van der Waals surface area contributed by atoms with Crippen molar-refractivity contribution in [2.24, 2.45) is 0 Å². The topological polar surface area (TPSA) is 77.6 Å². The Morgan fingerprint density at radius 2 is 1.81 bits per heavy atom. The zero-order valence-electron chi connectivity index (χ0n) is 17.6. The quantitative estimate of drug-likeness (QED) is 0.736. The maximum atomic E-state index is 12.7. The van der Waals surface area contributed by atoms with Crippen LogP contribution < -0.4 is 15.5 Å². The lowest BCUT2D eigenvalue weighted by molar-refractivity contribution is -0.137. The lowest BCUT2D eigenvalue weighted by Crippen LogP contribution is -2.44. The third-order valence-electron chi connectivity index (χ3n) is 5.81. The number of carbonyl (C=O) groups excluding carboxylic acids is 2. The molecule has 1 aromatic heterocycles. The normalized spacial score (nSPS) is 18.4. The van der Waals surface area contributed by atoms with Gasteiger partial charge in [-0.3, -0.25) is 4.79 Å². The Kier molecular flexibility index (Phi) is 7.97. The highest BCUT2D eigenvalue weighted by molar-refractivity contribution is 5.78. The smallest absolute Gasteiger partial charge is 0.355 e. The Hall–Kier alpha value is -2.52. The van der Waals surface area contributed by atoms with Crippen LogP contribution in [0.3, 0.4) is 0 Å². The van der Waals surface area contributed by atoms with Gasteiger partial charge >= 0.3 is 12.2 Å². The van der Waals surface area contributed by atoms with Gasteiger partial charge in [0.2, 0.25) is 5.91 Å². The summed E-state index contributed by atoms with van der Waals surface area (Å²) in [7, 11) is 0. The zero-order chi connectivity index (χ0) is 22.3. The molecule has 0 unspecified atom stereocenters. The van der Waals surface area contributed by atoms with Crippen molar-refractivity contribution in [3.05, 3.63) is 23.9 Å². The first-order valence-corrected chi connectivity index (χ1v) is 10.9. The fourth-order valence-electron chi connectivity index (χ4n) is 4.06. The summed E-state index contributed by atoms with van der Waals surface area (Å²) in [6, 6.07) is 2.39. The molecular formula is C21H30F3N5O2. The number of anilines is 1. The van der Waals surface area contributed by atoms with E-state index in [1.54, 1.807) is 4.90 Å². The van der Waals surface area contributed by atoms with Gasteiger partial charge in [-0.05, 0) is 31.4 Å². The number of aromatic nitrogens is 1. The molecule has 172 valence electrons. The Bertz CT molecular complexity index is 736. The van der Waals surface area contributed by atoms with Crippen LogP contribution in [-0.4, -0.2) is 60.6 Å². The summed E-state index contributed by atoms with van der Waals surface area (Å²) in [5.41, 5.74) is -0.775. The van der Waals surface area contributed by atoms with Gasteiger partial charge in [-0.1, -0.05) is 19.3 Å².